The fourth-order valence-electron chi connectivity index (χ4n) is 1.74. The van der Waals surface area contributed by atoms with E-state index in [0.717, 1.165) is 13.8 Å². The first-order chi connectivity index (χ1) is 10.2. The maximum Gasteiger partial charge on any atom is 0.449 e. The fraction of sp³-hybridized carbons (Fsp3) is 0.923. The zero-order valence-electron chi connectivity index (χ0n) is 13.0. The van der Waals surface area contributed by atoms with Crippen LogP contribution in [0.5, 0.6) is 0 Å². The molecule has 5 nitrogen and oxygen atoms in total. The smallest absolute Gasteiger partial charge is 0.449 e. The molecule has 0 bridgehead atoms. The minimum absolute atomic E-state index is 0.409. The molecule has 10 heteroatoms. The Balaban J connectivity index is 3.00. The third-order valence-electron chi connectivity index (χ3n) is 3.52. The second-order valence-electron chi connectivity index (χ2n) is 5.94. The van der Waals surface area contributed by atoms with Gasteiger partial charge in [-0.2, -0.15) is 22.0 Å². The Labute approximate surface area is 129 Å². The van der Waals surface area contributed by atoms with E-state index in [4.69, 9.17) is 4.74 Å². The van der Waals surface area contributed by atoms with E-state index in [2.05, 4.69) is 9.47 Å². The van der Waals surface area contributed by atoms with Crippen molar-refractivity contribution >= 4 is 5.97 Å². The quantitative estimate of drug-likeness (QED) is 0.624. The third kappa shape index (κ3) is 3.74. The van der Waals surface area contributed by atoms with Gasteiger partial charge in [0.1, 0.15) is 6.61 Å². The summed E-state index contributed by atoms with van der Waals surface area (Å²) in [5.41, 5.74) is -1.82. The third-order valence-corrected chi connectivity index (χ3v) is 3.52. The van der Waals surface area contributed by atoms with E-state index < -0.39 is 48.3 Å². The Kier molecular flexibility index (Phi) is 5.35. The minimum atomic E-state index is -5.77. The first kappa shape index (κ1) is 20.0. The number of ether oxygens (including phenoxy) is 3. The van der Waals surface area contributed by atoms with Crippen molar-refractivity contribution < 1.29 is 46.1 Å². The highest BCUT2D eigenvalue weighted by Gasteiger charge is 2.74. The Morgan fingerprint density at radius 2 is 1.91 bits per heavy atom. The van der Waals surface area contributed by atoms with Crippen LogP contribution in [0.25, 0.3) is 0 Å². The van der Waals surface area contributed by atoms with Crippen LogP contribution in [0.1, 0.15) is 34.1 Å². The molecular formula is C13H19F5O5. The molecule has 1 fully saturated rings. The van der Waals surface area contributed by atoms with Crippen molar-refractivity contribution in [2.24, 2.45) is 5.92 Å². The lowest BCUT2D eigenvalue weighted by molar-refractivity contribution is -0.500. The molecule has 3 atom stereocenters. The topological polar surface area (TPSA) is 65.0 Å². The molecule has 0 aromatic carbocycles. The largest absolute Gasteiger partial charge is 0.454 e. The average Bonchev–Trinajstić information content (AvgIpc) is 2.38. The molecule has 0 spiro atoms. The molecule has 0 saturated carbocycles. The second-order valence-corrected chi connectivity index (χ2v) is 5.94. The van der Waals surface area contributed by atoms with Gasteiger partial charge in [-0.1, -0.05) is 13.8 Å². The van der Waals surface area contributed by atoms with Crippen LogP contribution < -0.4 is 0 Å². The summed E-state index contributed by atoms with van der Waals surface area (Å²) < 4.78 is 78.9. The van der Waals surface area contributed by atoms with Crippen LogP contribution >= 0.6 is 0 Å². The summed E-state index contributed by atoms with van der Waals surface area (Å²) in [5, 5.41) is 9.34. The molecule has 23 heavy (non-hydrogen) atoms. The Hall–Kier alpha value is -1.00. The van der Waals surface area contributed by atoms with Crippen molar-refractivity contribution in [3.05, 3.63) is 0 Å². The zero-order valence-corrected chi connectivity index (χ0v) is 13.0. The molecule has 0 amide bonds. The van der Waals surface area contributed by atoms with E-state index >= 15 is 0 Å². The van der Waals surface area contributed by atoms with Crippen LogP contribution in [0.2, 0.25) is 0 Å². The van der Waals surface area contributed by atoms with Gasteiger partial charge in [-0.05, 0) is 20.3 Å². The second kappa shape index (κ2) is 6.14. The number of esters is 1. The molecular weight excluding hydrogens is 331 g/mol. The van der Waals surface area contributed by atoms with Crippen molar-refractivity contribution in [2.75, 3.05) is 6.61 Å². The SMILES string of the molecule is CCC(C)C(=O)OC(C)(C)C1OCC(F)(F)C(O)(C(F)(F)F)O1. The molecule has 1 N–H and O–H groups in total. The maximum atomic E-state index is 13.4. The number of carbonyl (C=O) groups excluding carboxylic acids is 1. The summed E-state index contributed by atoms with van der Waals surface area (Å²) in [6, 6.07) is 0. The number of carbonyl (C=O) groups is 1. The van der Waals surface area contributed by atoms with Gasteiger partial charge in [-0.25, -0.2) is 0 Å². The van der Waals surface area contributed by atoms with Crippen molar-refractivity contribution in [3.63, 3.8) is 0 Å². The number of hydrogen-bond acceptors (Lipinski definition) is 5. The van der Waals surface area contributed by atoms with Gasteiger partial charge < -0.3 is 19.3 Å². The molecule has 1 saturated heterocycles. The average molecular weight is 350 g/mol. The summed E-state index contributed by atoms with van der Waals surface area (Å²) in [6.07, 6.45) is -7.39. The van der Waals surface area contributed by atoms with Crippen LogP contribution in [-0.2, 0) is 19.0 Å². The van der Waals surface area contributed by atoms with Crippen LogP contribution in [-0.4, -0.2) is 47.5 Å². The lowest BCUT2D eigenvalue weighted by Crippen LogP contribution is -2.69. The summed E-state index contributed by atoms with van der Waals surface area (Å²) in [7, 11) is 0. The van der Waals surface area contributed by atoms with Gasteiger partial charge in [-0.3, -0.25) is 4.79 Å². The summed E-state index contributed by atoms with van der Waals surface area (Å²) >= 11 is 0. The first-order valence-corrected chi connectivity index (χ1v) is 6.87. The number of hydrogen-bond donors (Lipinski definition) is 1. The van der Waals surface area contributed by atoms with E-state index in [1.165, 1.54) is 6.92 Å². The van der Waals surface area contributed by atoms with Gasteiger partial charge in [0, 0.05) is 0 Å². The fourth-order valence-corrected chi connectivity index (χ4v) is 1.74. The van der Waals surface area contributed by atoms with E-state index in [0.29, 0.717) is 6.42 Å². The monoisotopic (exact) mass is 350 g/mol. The van der Waals surface area contributed by atoms with Crippen LogP contribution in [0.15, 0.2) is 0 Å². The highest BCUT2D eigenvalue weighted by Crippen LogP contribution is 2.48. The molecule has 0 aromatic heterocycles. The minimum Gasteiger partial charge on any atom is -0.454 e. The van der Waals surface area contributed by atoms with Crippen molar-refractivity contribution in [3.8, 4) is 0 Å². The summed E-state index contributed by atoms with van der Waals surface area (Å²) in [5.74, 6) is -10.7. The Morgan fingerprint density at radius 3 is 2.35 bits per heavy atom. The molecule has 0 radical (unpaired) electrons. The lowest BCUT2D eigenvalue weighted by atomic mass is 10.0. The molecule has 0 aromatic rings. The molecule has 0 aliphatic carbocycles. The van der Waals surface area contributed by atoms with Crippen molar-refractivity contribution in [2.45, 2.75) is 63.9 Å². The summed E-state index contributed by atoms with van der Waals surface area (Å²) in [4.78, 5) is 11.8. The van der Waals surface area contributed by atoms with Crippen LogP contribution in [0.3, 0.4) is 0 Å². The highest BCUT2D eigenvalue weighted by atomic mass is 19.4. The van der Waals surface area contributed by atoms with E-state index in [1.54, 1.807) is 6.92 Å². The number of rotatable bonds is 4. The van der Waals surface area contributed by atoms with Gasteiger partial charge in [-0.15, -0.1) is 0 Å². The van der Waals surface area contributed by atoms with Crippen LogP contribution in [0, 0.1) is 5.92 Å². The Morgan fingerprint density at radius 1 is 1.39 bits per heavy atom. The van der Waals surface area contributed by atoms with E-state index in [1.807, 2.05) is 0 Å². The number of alkyl halides is 5. The molecule has 136 valence electrons. The predicted octanol–water partition coefficient (Wildman–Crippen LogP) is 2.61. The predicted molar refractivity (Wildman–Crippen MR) is 66.4 cm³/mol. The van der Waals surface area contributed by atoms with Gasteiger partial charge in [0.2, 0.25) is 6.29 Å². The van der Waals surface area contributed by atoms with Gasteiger partial charge in [0.15, 0.2) is 5.60 Å². The maximum absolute atomic E-state index is 13.4. The van der Waals surface area contributed by atoms with E-state index in [9.17, 15) is 31.9 Å². The standard InChI is InChI=1S/C13H19F5O5/c1-5-7(2)8(19)22-10(3,4)9-21-6-11(14,15)12(20,23-9)13(16,17)18/h7,9,20H,5-6H2,1-4H3. The van der Waals surface area contributed by atoms with Gasteiger partial charge >= 0.3 is 23.9 Å². The lowest BCUT2D eigenvalue weighted by Gasteiger charge is -2.46. The highest BCUT2D eigenvalue weighted by molar-refractivity contribution is 5.72. The molecule has 1 aliphatic rings. The van der Waals surface area contributed by atoms with Crippen LogP contribution in [0.4, 0.5) is 22.0 Å². The van der Waals surface area contributed by atoms with Gasteiger partial charge in [0.05, 0.1) is 5.92 Å². The zero-order chi connectivity index (χ0) is 18.3. The summed E-state index contributed by atoms with van der Waals surface area (Å²) in [6.45, 7) is 3.76. The molecule has 3 unspecified atom stereocenters. The molecule has 1 aliphatic heterocycles. The van der Waals surface area contributed by atoms with Gasteiger partial charge in [0.25, 0.3) is 0 Å². The number of aliphatic hydroxyl groups is 1. The van der Waals surface area contributed by atoms with Crippen molar-refractivity contribution in [1.29, 1.82) is 0 Å². The first-order valence-electron chi connectivity index (χ1n) is 6.87. The van der Waals surface area contributed by atoms with Crippen molar-refractivity contribution in [1.82, 2.24) is 0 Å². The van der Waals surface area contributed by atoms with E-state index in [-0.39, 0.29) is 0 Å². The normalized spacial score (nSPS) is 29.9. The molecule has 1 heterocycles. The molecule has 1 rings (SSSR count). The number of halogens is 5. The Bertz CT molecular complexity index is 451.